The summed E-state index contributed by atoms with van der Waals surface area (Å²) < 4.78 is 13.3. The Kier molecular flexibility index (Phi) is 3.19. The molecule has 0 spiro atoms. The number of hydrogen-bond acceptors (Lipinski definition) is 2. The van der Waals surface area contributed by atoms with Crippen molar-refractivity contribution >= 4 is 11.3 Å². The van der Waals surface area contributed by atoms with Gasteiger partial charge in [-0.2, -0.15) is 0 Å². The number of rotatable bonds is 3. The molecule has 0 unspecified atom stereocenters. The molecule has 1 aromatic heterocycles. The van der Waals surface area contributed by atoms with Crippen LogP contribution in [0.15, 0.2) is 11.4 Å². The van der Waals surface area contributed by atoms with Gasteiger partial charge in [0.15, 0.2) is 0 Å². The highest BCUT2D eigenvalue weighted by Gasteiger charge is 2.26. The Morgan fingerprint density at radius 2 is 2.43 bits per heavy atom. The first-order chi connectivity index (χ1) is 6.77. The molecule has 1 aliphatic rings. The topological polar surface area (TPSA) is 12.0 Å². The Bertz CT molecular complexity index is 297. The molecule has 0 aromatic carbocycles. The molecular weight excluding hydrogens is 197 g/mol. The molecule has 2 atom stereocenters. The highest BCUT2D eigenvalue weighted by molar-refractivity contribution is 7.10. The molecule has 1 aromatic rings. The van der Waals surface area contributed by atoms with Crippen molar-refractivity contribution in [2.75, 3.05) is 0 Å². The number of thiophene rings is 1. The van der Waals surface area contributed by atoms with Crippen molar-refractivity contribution in [3.8, 4) is 0 Å². The van der Waals surface area contributed by atoms with E-state index in [0.29, 0.717) is 0 Å². The van der Waals surface area contributed by atoms with Gasteiger partial charge in [-0.1, -0.05) is 0 Å². The van der Waals surface area contributed by atoms with E-state index < -0.39 is 6.17 Å². The SMILES string of the molecule is Cc1sccc1CN[C@@H]1CCC[C@@H]1F. The molecule has 1 saturated carbocycles. The second-order valence-electron chi connectivity index (χ2n) is 3.94. The number of nitrogens with one attached hydrogen (secondary N) is 1. The minimum Gasteiger partial charge on any atom is -0.307 e. The highest BCUT2D eigenvalue weighted by Crippen LogP contribution is 2.23. The monoisotopic (exact) mass is 213 g/mol. The zero-order valence-electron chi connectivity index (χ0n) is 8.42. The van der Waals surface area contributed by atoms with Crippen molar-refractivity contribution in [2.24, 2.45) is 0 Å². The molecule has 1 nitrogen and oxygen atoms in total. The first-order valence-electron chi connectivity index (χ1n) is 5.18. The third kappa shape index (κ3) is 2.15. The summed E-state index contributed by atoms with van der Waals surface area (Å²) in [5.74, 6) is 0. The predicted octanol–water partition coefficient (Wildman–Crippen LogP) is 3.04. The van der Waals surface area contributed by atoms with E-state index in [1.165, 1.54) is 10.4 Å². The average molecular weight is 213 g/mol. The lowest BCUT2D eigenvalue weighted by Gasteiger charge is -2.14. The van der Waals surface area contributed by atoms with Crippen LogP contribution in [0.1, 0.15) is 29.7 Å². The highest BCUT2D eigenvalue weighted by atomic mass is 32.1. The summed E-state index contributed by atoms with van der Waals surface area (Å²) in [7, 11) is 0. The lowest BCUT2D eigenvalue weighted by atomic mass is 10.2. The molecule has 0 saturated heterocycles. The standard InChI is InChI=1S/C11H16FNS/c1-8-9(5-6-14-8)7-13-11-4-2-3-10(11)12/h5-6,10-11,13H,2-4,7H2,1H3/t10-,11+/m0/s1. The maximum absolute atomic E-state index is 13.3. The first-order valence-corrected chi connectivity index (χ1v) is 6.06. The Morgan fingerprint density at radius 1 is 1.57 bits per heavy atom. The van der Waals surface area contributed by atoms with Gasteiger partial charge in [0.2, 0.25) is 0 Å². The molecule has 78 valence electrons. The summed E-state index contributed by atoms with van der Waals surface area (Å²) in [4.78, 5) is 1.34. The van der Waals surface area contributed by atoms with Gasteiger partial charge in [0.05, 0.1) is 0 Å². The molecule has 1 aliphatic carbocycles. The van der Waals surface area contributed by atoms with E-state index in [0.717, 1.165) is 25.8 Å². The van der Waals surface area contributed by atoms with Gasteiger partial charge < -0.3 is 5.32 Å². The van der Waals surface area contributed by atoms with Crippen LogP contribution >= 0.6 is 11.3 Å². The Labute approximate surface area is 88.3 Å². The average Bonchev–Trinajstić information content (AvgIpc) is 2.72. The third-order valence-electron chi connectivity index (χ3n) is 2.95. The fourth-order valence-electron chi connectivity index (χ4n) is 1.98. The molecule has 0 amide bonds. The minimum absolute atomic E-state index is 0.0919. The fourth-order valence-corrected chi connectivity index (χ4v) is 2.71. The normalized spacial score (nSPS) is 27.0. The van der Waals surface area contributed by atoms with Gasteiger partial charge in [0.1, 0.15) is 6.17 Å². The van der Waals surface area contributed by atoms with Crippen molar-refractivity contribution in [2.45, 2.75) is 44.9 Å². The largest absolute Gasteiger partial charge is 0.307 e. The van der Waals surface area contributed by atoms with Crippen LogP contribution in [-0.2, 0) is 6.54 Å². The molecule has 0 radical (unpaired) electrons. The van der Waals surface area contributed by atoms with Gasteiger partial charge >= 0.3 is 0 Å². The smallest absolute Gasteiger partial charge is 0.115 e. The van der Waals surface area contributed by atoms with Crippen molar-refractivity contribution < 1.29 is 4.39 Å². The van der Waals surface area contributed by atoms with E-state index in [2.05, 4.69) is 23.7 Å². The van der Waals surface area contributed by atoms with E-state index >= 15 is 0 Å². The maximum atomic E-state index is 13.3. The molecule has 1 fully saturated rings. The summed E-state index contributed by atoms with van der Waals surface area (Å²) in [5, 5.41) is 5.40. The van der Waals surface area contributed by atoms with Crippen LogP contribution in [0, 0.1) is 6.92 Å². The summed E-state index contributed by atoms with van der Waals surface area (Å²) in [5.41, 5.74) is 1.31. The predicted molar refractivity (Wildman–Crippen MR) is 58.4 cm³/mol. The lowest BCUT2D eigenvalue weighted by molar-refractivity contribution is 0.279. The van der Waals surface area contributed by atoms with Gasteiger partial charge in [-0.05, 0) is 43.2 Å². The fraction of sp³-hybridized carbons (Fsp3) is 0.636. The van der Waals surface area contributed by atoms with Crippen LogP contribution in [-0.4, -0.2) is 12.2 Å². The molecule has 0 bridgehead atoms. The Morgan fingerprint density at radius 3 is 3.00 bits per heavy atom. The van der Waals surface area contributed by atoms with Gasteiger partial charge in [-0.25, -0.2) is 4.39 Å². The summed E-state index contributed by atoms with van der Waals surface area (Å²) in [6.07, 6.45) is 2.13. The lowest BCUT2D eigenvalue weighted by Crippen LogP contribution is -2.32. The van der Waals surface area contributed by atoms with Crippen LogP contribution in [0.3, 0.4) is 0 Å². The molecule has 1 N–H and O–H groups in total. The Hall–Kier alpha value is -0.410. The second kappa shape index (κ2) is 4.41. The van der Waals surface area contributed by atoms with Crippen molar-refractivity contribution in [1.82, 2.24) is 5.32 Å². The molecule has 2 rings (SSSR count). The van der Waals surface area contributed by atoms with Gasteiger partial charge in [0.25, 0.3) is 0 Å². The van der Waals surface area contributed by atoms with Gasteiger partial charge in [-0.3, -0.25) is 0 Å². The number of halogens is 1. The molecule has 14 heavy (non-hydrogen) atoms. The zero-order valence-corrected chi connectivity index (χ0v) is 9.24. The molecule has 3 heteroatoms. The van der Waals surface area contributed by atoms with E-state index in [4.69, 9.17) is 0 Å². The molecular formula is C11H16FNS. The van der Waals surface area contributed by atoms with Crippen molar-refractivity contribution in [1.29, 1.82) is 0 Å². The van der Waals surface area contributed by atoms with Crippen molar-refractivity contribution in [3.05, 3.63) is 21.9 Å². The van der Waals surface area contributed by atoms with Gasteiger partial charge in [-0.15, -0.1) is 11.3 Å². The van der Waals surface area contributed by atoms with Crippen LogP contribution < -0.4 is 5.32 Å². The molecule has 1 heterocycles. The van der Waals surface area contributed by atoms with Gasteiger partial charge in [0, 0.05) is 17.5 Å². The number of alkyl halides is 1. The summed E-state index contributed by atoms with van der Waals surface area (Å²) in [6.45, 7) is 2.93. The Balaban J connectivity index is 1.85. The van der Waals surface area contributed by atoms with E-state index in [9.17, 15) is 4.39 Å². The van der Waals surface area contributed by atoms with E-state index in [1.807, 2.05) is 0 Å². The van der Waals surface area contributed by atoms with E-state index in [-0.39, 0.29) is 6.04 Å². The number of aryl methyl sites for hydroxylation is 1. The zero-order chi connectivity index (χ0) is 9.97. The van der Waals surface area contributed by atoms with Crippen LogP contribution in [0.5, 0.6) is 0 Å². The number of hydrogen-bond donors (Lipinski definition) is 1. The van der Waals surface area contributed by atoms with Crippen LogP contribution in [0.2, 0.25) is 0 Å². The minimum atomic E-state index is -0.631. The third-order valence-corrected chi connectivity index (χ3v) is 3.84. The van der Waals surface area contributed by atoms with Crippen LogP contribution in [0.25, 0.3) is 0 Å². The summed E-state index contributed by atoms with van der Waals surface area (Å²) in [6, 6.07) is 2.21. The second-order valence-corrected chi connectivity index (χ2v) is 5.06. The van der Waals surface area contributed by atoms with E-state index in [1.54, 1.807) is 11.3 Å². The van der Waals surface area contributed by atoms with Crippen LogP contribution in [0.4, 0.5) is 4.39 Å². The first kappa shape index (κ1) is 10.1. The molecule has 0 aliphatic heterocycles. The quantitative estimate of drug-likeness (QED) is 0.813. The maximum Gasteiger partial charge on any atom is 0.115 e. The van der Waals surface area contributed by atoms with Crippen molar-refractivity contribution in [3.63, 3.8) is 0 Å². The summed E-state index contributed by atoms with van der Waals surface area (Å²) >= 11 is 1.75.